The first-order valence-electron chi connectivity index (χ1n) is 11.9. The van der Waals surface area contributed by atoms with Gasteiger partial charge in [-0.1, -0.05) is 32.0 Å². The quantitative estimate of drug-likeness (QED) is 0.401. The number of benzene rings is 1. The van der Waals surface area contributed by atoms with Gasteiger partial charge in [0.15, 0.2) is 0 Å². The highest BCUT2D eigenvalue weighted by Gasteiger charge is 2.38. The second kappa shape index (κ2) is 9.92. The van der Waals surface area contributed by atoms with Gasteiger partial charge in [0.25, 0.3) is 5.91 Å². The number of hydrogen-bond donors (Lipinski definition) is 0. The Balaban J connectivity index is 1.32. The van der Waals surface area contributed by atoms with Crippen molar-refractivity contribution in [1.82, 2.24) is 9.80 Å². The van der Waals surface area contributed by atoms with Crippen LogP contribution in [0.5, 0.6) is 5.75 Å². The van der Waals surface area contributed by atoms with Crippen LogP contribution in [0.2, 0.25) is 0 Å². The molecule has 0 radical (unpaired) electrons. The van der Waals surface area contributed by atoms with Crippen LogP contribution in [0, 0.1) is 0 Å². The van der Waals surface area contributed by atoms with E-state index in [0.29, 0.717) is 23.9 Å². The van der Waals surface area contributed by atoms with Crippen LogP contribution in [-0.4, -0.2) is 47.4 Å². The highest BCUT2D eigenvalue weighted by molar-refractivity contribution is 7.12. The summed E-state index contributed by atoms with van der Waals surface area (Å²) in [5.74, 6) is 1.25. The van der Waals surface area contributed by atoms with Gasteiger partial charge in [-0.25, -0.2) is 0 Å². The topological polar surface area (TPSA) is 49.9 Å². The highest BCUT2D eigenvalue weighted by Crippen LogP contribution is 2.35. The second-order valence-electron chi connectivity index (χ2n) is 9.33. The van der Waals surface area contributed by atoms with Gasteiger partial charge in [0, 0.05) is 17.5 Å². The molecule has 7 heteroatoms. The molecule has 1 fully saturated rings. The van der Waals surface area contributed by atoms with Crippen LogP contribution >= 0.6 is 22.7 Å². The first kappa shape index (κ1) is 23.1. The van der Waals surface area contributed by atoms with Crippen molar-refractivity contribution in [3.05, 3.63) is 74.1 Å². The van der Waals surface area contributed by atoms with Crippen LogP contribution in [-0.2, 0) is 11.2 Å². The number of nitrogens with zero attached hydrogens (tertiary/aromatic N) is 2. The van der Waals surface area contributed by atoms with Crippen LogP contribution in [0.4, 0.5) is 0 Å². The smallest absolute Gasteiger partial charge is 0.264 e. The highest BCUT2D eigenvalue weighted by atomic mass is 32.1. The van der Waals surface area contributed by atoms with Crippen molar-refractivity contribution in [3.63, 3.8) is 0 Å². The minimum Gasteiger partial charge on any atom is -0.491 e. The number of carbonyl (C=O) groups excluding carboxylic acids is 2. The third-order valence-corrected chi connectivity index (χ3v) is 8.51. The predicted molar refractivity (Wildman–Crippen MR) is 137 cm³/mol. The predicted octanol–water partition coefficient (Wildman–Crippen LogP) is 5.74. The Hall–Kier alpha value is -2.64. The summed E-state index contributed by atoms with van der Waals surface area (Å²) in [6.07, 6.45) is 2.79. The van der Waals surface area contributed by atoms with Crippen LogP contribution in [0.1, 0.15) is 64.3 Å². The summed E-state index contributed by atoms with van der Waals surface area (Å²) in [5, 5.41) is 4.00. The molecule has 0 N–H and O–H groups in total. The van der Waals surface area contributed by atoms with E-state index in [4.69, 9.17) is 4.74 Å². The zero-order valence-corrected chi connectivity index (χ0v) is 21.2. The largest absolute Gasteiger partial charge is 0.491 e. The zero-order valence-electron chi connectivity index (χ0n) is 19.6. The van der Waals surface area contributed by atoms with Gasteiger partial charge in [-0.3, -0.25) is 9.59 Å². The molecule has 0 bridgehead atoms. The van der Waals surface area contributed by atoms with Crippen LogP contribution in [0.15, 0.2) is 53.2 Å². The van der Waals surface area contributed by atoms with Gasteiger partial charge in [-0.05, 0) is 71.3 Å². The number of fused-ring (bicyclic) bond motifs is 1. The molecule has 1 unspecified atom stereocenters. The molecule has 178 valence electrons. The maximum Gasteiger partial charge on any atom is 0.264 e. The second-order valence-corrected chi connectivity index (χ2v) is 11.3. The van der Waals surface area contributed by atoms with E-state index in [1.165, 1.54) is 27.3 Å². The Morgan fingerprint density at radius 2 is 1.88 bits per heavy atom. The number of ether oxygens (including phenoxy) is 1. The lowest BCUT2D eigenvalue weighted by molar-refractivity contribution is -0.135. The summed E-state index contributed by atoms with van der Waals surface area (Å²) in [7, 11) is 0. The van der Waals surface area contributed by atoms with Gasteiger partial charge >= 0.3 is 0 Å². The SMILES string of the molecule is CC(C)c1ccc(OCC2c3ccsc3CCN2C(=O)CN(C(=O)c2cccs2)C2CC2)cc1. The van der Waals surface area contributed by atoms with E-state index >= 15 is 0 Å². The summed E-state index contributed by atoms with van der Waals surface area (Å²) >= 11 is 3.18. The van der Waals surface area contributed by atoms with Crippen LogP contribution < -0.4 is 4.74 Å². The van der Waals surface area contributed by atoms with E-state index in [9.17, 15) is 9.59 Å². The fourth-order valence-electron chi connectivity index (χ4n) is 4.53. The summed E-state index contributed by atoms with van der Waals surface area (Å²) < 4.78 is 6.19. The fourth-order valence-corrected chi connectivity index (χ4v) is 6.14. The van der Waals surface area contributed by atoms with Crippen LogP contribution in [0.3, 0.4) is 0 Å². The molecule has 0 spiro atoms. The fraction of sp³-hybridized carbons (Fsp3) is 0.407. The third kappa shape index (κ3) is 4.91. The number of rotatable bonds is 8. The van der Waals surface area contributed by atoms with E-state index in [0.717, 1.165) is 25.0 Å². The minimum atomic E-state index is -0.148. The van der Waals surface area contributed by atoms with Crippen molar-refractivity contribution in [2.45, 2.75) is 51.1 Å². The Morgan fingerprint density at radius 3 is 2.56 bits per heavy atom. The Morgan fingerprint density at radius 1 is 1.09 bits per heavy atom. The molecule has 0 saturated heterocycles. The number of hydrogen-bond acceptors (Lipinski definition) is 5. The zero-order chi connectivity index (χ0) is 23.7. The summed E-state index contributed by atoms with van der Waals surface area (Å²) in [6, 6.07) is 14.1. The van der Waals surface area contributed by atoms with Crippen molar-refractivity contribution < 1.29 is 14.3 Å². The Bertz CT molecular complexity index is 1130. The summed E-state index contributed by atoms with van der Waals surface area (Å²) in [5.41, 5.74) is 2.45. The normalized spacial score (nSPS) is 17.5. The molecule has 1 aliphatic carbocycles. The average Bonchev–Trinajstić information content (AvgIpc) is 3.32. The number of thiophene rings is 2. The lowest BCUT2D eigenvalue weighted by Crippen LogP contribution is -2.48. The maximum absolute atomic E-state index is 13.6. The molecular weight excluding hydrogens is 464 g/mol. The molecule has 5 nitrogen and oxygen atoms in total. The van der Waals surface area contributed by atoms with E-state index in [-0.39, 0.29) is 30.4 Å². The van der Waals surface area contributed by atoms with Gasteiger partial charge in [-0.15, -0.1) is 22.7 Å². The Kier molecular flexibility index (Phi) is 6.75. The molecule has 1 aliphatic heterocycles. The molecule has 34 heavy (non-hydrogen) atoms. The summed E-state index contributed by atoms with van der Waals surface area (Å²) in [4.78, 5) is 32.4. The average molecular weight is 495 g/mol. The molecule has 1 aromatic carbocycles. The standard InChI is InChI=1S/C27H30N2O3S2/c1-18(2)19-5-9-21(10-6-19)32-17-23-22-12-15-34-24(22)11-13-28(23)26(30)16-29(20-7-8-20)27(31)25-4-3-14-33-25/h3-6,9-10,12,14-15,18,20,23H,7-8,11,13,16-17H2,1-2H3. The molecule has 2 aliphatic rings. The molecule has 3 aromatic rings. The lowest BCUT2D eigenvalue weighted by Gasteiger charge is -2.37. The van der Waals surface area contributed by atoms with E-state index in [1.54, 1.807) is 16.2 Å². The van der Waals surface area contributed by atoms with Crippen molar-refractivity contribution >= 4 is 34.5 Å². The van der Waals surface area contributed by atoms with Crippen molar-refractivity contribution in [2.24, 2.45) is 0 Å². The summed E-state index contributed by atoms with van der Waals surface area (Å²) in [6.45, 7) is 5.53. The first-order chi connectivity index (χ1) is 16.5. The molecular formula is C27H30N2O3S2. The van der Waals surface area contributed by atoms with Gasteiger partial charge in [0.1, 0.15) is 18.9 Å². The molecule has 1 saturated carbocycles. The van der Waals surface area contributed by atoms with E-state index < -0.39 is 0 Å². The maximum atomic E-state index is 13.6. The third-order valence-electron chi connectivity index (χ3n) is 6.66. The Labute approximate surface area is 209 Å². The van der Waals surface area contributed by atoms with Gasteiger partial charge in [0.2, 0.25) is 5.91 Å². The van der Waals surface area contributed by atoms with Crippen molar-refractivity contribution in [3.8, 4) is 5.75 Å². The first-order valence-corrected chi connectivity index (χ1v) is 13.7. The monoisotopic (exact) mass is 494 g/mol. The number of carbonyl (C=O) groups is 2. The van der Waals surface area contributed by atoms with Gasteiger partial charge < -0.3 is 14.5 Å². The molecule has 1 atom stereocenters. The van der Waals surface area contributed by atoms with Gasteiger partial charge in [0.05, 0.1) is 10.9 Å². The minimum absolute atomic E-state index is 0.00240. The molecule has 3 heterocycles. The molecule has 2 aromatic heterocycles. The lowest BCUT2D eigenvalue weighted by atomic mass is 10.00. The van der Waals surface area contributed by atoms with Crippen LogP contribution in [0.25, 0.3) is 0 Å². The van der Waals surface area contributed by atoms with Crippen molar-refractivity contribution in [1.29, 1.82) is 0 Å². The van der Waals surface area contributed by atoms with E-state index in [2.05, 4.69) is 37.4 Å². The number of amides is 2. The van der Waals surface area contributed by atoms with E-state index in [1.807, 2.05) is 34.5 Å². The van der Waals surface area contributed by atoms with Crippen molar-refractivity contribution in [2.75, 3.05) is 19.7 Å². The van der Waals surface area contributed by atoms with Gasteiger partial charge in [-0.2, -0.15) is 0 Å². The molecule has 2 amide bonds. The molecule has 5 rings (SSSR count).